The number of nitrogens with zero attached hydrogens (tertiary/aromatic N) is 4. The molecule has 0 unspecified atom stereocenters. The lowest BCUT2D eigenvalue weighted by atomic mass is 9.78. The van der Waals surface area contributed by atoms with Crippen molar-refractivity contribution >= 4 is 30.7 Å². The van der Waals surface area contributed by atoms with E-state index in [2.05, 4.69) is 19.9 Å². The summed E-state index contributed by atoms with van der Waals surface area (Å²) in [5.74, 6) is 2.36. The second kappa shape index (κ2) is 10.6. The van der Waals surface area contributed by atoms with Gasteiger partial charge in [-0.05, 0) is 50.7 Å². The first-order chi connectivity index (χ1) is 15.0. The van der Waals surface area contributed by atoms with E-state index in [0.29, 0.717) is 37.0 Å². The van der Waals surface area contributed by atoms with Gasteiger partial charge in [-0.15, -0.1) is 24.8 Å². The zero-order valence-corrected chi connectivity index (χ0v) is 20.7. The van der Waals surface area contributed by atoms with E-state index in [9.17, 15) is 9.90 Å². The number of aromatic nitrogens is 3. The van der Waals surface area contributed by atoms with E-state index in [1.165, 1.54) is 0 Å². The molecular formula is C23H33Cl2N5O3. The smallest absolute Gasteiger partial charge is 0.274 e. The zero-order valence-electron chi connectivity index (χ0n) is 19.1. The van der Waals surface area contributed by atoms with Crippen LogP contribution in [0.3, 0.4) is 0 Å². The second-order valence-electron chi connectivity index (χ2n) is 9.20. The summed E-state index contributed by atoms with van der Waals surface area (Å²) in [7, 11) is 0. The fraction of sp³-hybridized carbons (Fsp3) is 0.609. The highest BCUT2D eigenvalue weighted by atomic mass is 35.5. The number of rotatable bonds is 3. The second-order valence-corrected chi connectivity index (χ2v) is 9.20. The number of pyridine rings is 1. The Bertz CT molecular complexity index is 962. The summed E-state index contributed by atoms with van der Waals surface area (Å²) in [6, 6.07) is 3.86. The van der Waals surface area contributed by atoms with Crippen LogP contribution >= 0.6 is 24.8 Å². The molecule has 4 heterocycles. The summed E-state index contributed by atoms with van der Waals surface area (Å²) in [5, 5.41) is 14.1. The number of halogens is 2. The van der Waals surface area contributed by atoms with E-state index in [0.717, 1.165) is 55.4 Å². The number of ether oxygens (including phenoxy) is 1. The molecular weight excluding hydrogens is 465 g/mol. The lowest BCUT2D eigenvalue weighted by Crippen LogP contribution is -2.42. The molecule has 0 radical (unpaired) electrons. The average molecular weight is 498 g/mol. The fourth-order valence-electron chi connectivity index (χ4n) is 5.28. The number of hydrogen-bond donors (Lipinski definition) is 2. The van der Waals surface area contributed by atoms with Crippen molar-refractivity contribution in [2.45, 2.75) is 51.9 Å². The fourth-order valence-corrected chi connectivity index (χ4v) is 5.28. The van der Waals surface area contributed by atoms with Crippen LogP contribution in [-0.4, -0.2) is 68.8 Å². The lowest BCUT2D eigenvalue weighted by molar-refractivity contribution is -0.0236. The molecule has 2 aliphatic heterocycles. The third-order valence-corrected chi connectivity index (χ3v) is 6.96. The number of hydrogen-bond acceptors (Lipinski definition) is 6. The monoisotopic (exact) mass is 497 g/mol. The SMILES string of the molecule is Cc1ccc(O[C@@H]2C[C@@H]3CN(C(=O)c4cn5c(n4)CCNCC5)C[C@@H]3C[C@H]2O)c(C)n1.Cl.Cl. The largest absolute Gasteiger partial charge is 0.486 e. The molecule has 0 bridgehead atoms. The normalized spacial score (nSPS) is 26.3. The van der Waals surface area contributed by atoms with Crippen molar-refractivity contribution < 1.29 is 14.6 Å². The van der Waals surface area contributed by atoms with Gasteiger partial charge in [0, 0.05) is 51.0 Å². The molecule has 2 aromatic rings. The van der Waals surface area contributed by atoms with Gasteiger partial charge in [-0.1, -0.05) is 0 Å². The van der Waals surface area contributed by atoms with Crippen molar-refractivity contribution in [3.05, 3.63) is 41.2 Å². The predicted molar refractivity (Wildman–Crippen MR) is 130 cm³/mol. The van der Waals surface area contributed by atoms with Crippen molar-refractivity contribution in [1.29, 1.82) is 0 Å². The summed E-state index contributed by atoms with van der Waals surface area (Å²) in [6.45, 7) is 7.91. The molecule has 4 atom stereocenters. The highest BCUT2D eigenvalue weighted by molar-refractivity contribution is 5.92. The Morgan fingerprint density at radius 1 is 1.12 bits per heavy atom. The molecule has 182 valence electrons. The first-order valence-electron chi connectivity index (χ1n) is 11.3. The van der Waals surface area contributed by atoms with E-state index < -0.39 is 6.10 Å². The molecule has 2 fully saturated rings. The molecule has 10 heteroatoms. The Hall–Kier alpha value is -1.87. The van der Waals surface area contributed by atoms with Crippen molar-refractivity contribution in [3.63, 3.8) is 0 Å². The molecule has 33 heavy (non-hydrogen) atoms. The highest BCUT2D eigenvalue weighted by Crippen LogP contribution is 2.38. The summed E-state index contributed by atoms with van der Waals surface area (Å²) >= 11 is 0. The first-order valence-corrected chi connectivity index (χ1v) is 11.3. The van der Waals surface area contributed by atoms with Gasteiger partial charge in [-0.3, -0.25) is 9.78 Å². The number of nitrogens with one attached hydrogen (secondary N) is 1. The number of carbonyl (C=O) groups excluding carboxylic acids is 1. The van der Waals surface area contributed by atoms with Crippen LogP contribution in [0.5, 0.6) is 5.75 Å². The Labute approximate surface area is 206 Å². The maximum Gasteiger partial charge on any atom is 0.274 e. The van der Waals surface area contributed by atoms with Crippen LogP contribution in [0.2, 0.25) is 0 Å². The van der Waals surface area contributed by atoms with Gasteiger partial charge in [-0.2, -0.15) is 0 Å². The summed E-state index contributed by atoms with van der Waals surface area (Å²) in [4.78, 5) is 24.2. The number of imidazole rings is 1. The molecule has 1 saturated carbocycles. The predicted octanol–water partition coefficient (Wildman–Crippen LogP) is 2.17. The summed E-state index contributed by atoms with van der Waals surface area (Å²) in [6.07, 6.45) is 3.35. The molecule has 0 aromatic carbocycles. The van der Waals surface area contributed by atoms with Crippen LogP contribution in [-0.2, 0) is 13.0 Å². The van der Waals surface area contributed by atoms with Crippen molar-refractivity contribution in [3.8, 4) is 5.75 Å². The number of aliphatic hydroxyl groups is 1. The topological polar surface area (TPSA) is 92.5 Å². The number of likely N-dealkylation sites (tertiary alicyclic amines) is 1. The van der Waals surface area contributed by atoms with Gasteiger partial charge in [0.15, 0.2) is 0 Å². The minimum atomic E-state index is -0.534. The van der Waals surface area contributed by atoms with Gasteiger partial charge in [0.2, 0.25) is 0 Å². The quantitative estimate of drug-likeness (QED) is 0.674. The molecule has 1 saturated heterocycles. The number of fused-ring (bicyclic) bond motifs is 2. The van der Waals surface area contributed by atoms with Gasteiger partial charge >= 0.3 is 0 Å². The van der Waals surface area contributed by atoms with Gasteiger partial charge in [-0.25, -0.2) is 4.98 Å². The first kappa shape index (κ1) is 25.7. The molecule has 5 rings (SSSR count). The number of aryl methyl sites for hydroxylation is 2. The van der Waals surface area contributed by atoms with E-state index in [1.807, 2.05) is 37.1 Å². The van der Waals surface area contributed by atoms with Crippen LogP contribution in [0, 0.1) is 25.7 Å². The van der Waals surface area contributed by atoms with E-state index >= 15 is 0 Å². The number of aliphatic hydroxyl groups excluding tert-OH is 1. The maximum absolute atomic E-state index is 13.2. The molecule has 8 nitrogen and oxygen atoms in total. The highest BCUT2D eigenvalue weighted by Gasteiger charge is 2.44. The summed E-state index contributed by atoms with van der Waals surface area (Å²) in [5.41, 5.74) is 2.34. The maximum atomic E-state index is 13.2. The van der Waals surface area contributed by atoms with Gasteiger partial charge in [0.05, 0.1) is 11.8 Å². The van der Waals surface area contributed by atoms with Gasteiger partial charge in [0.1, 0.15) is 23.4 Å². The zero-order chi connectivity index (χ0) is 21.5. The standard InChI is InChI=1S/C23H31N5O3.2ClH/c1-14-3-4-20(15(2)25-14)31-21-10-17-12-28(11-16(17)9-19(21)29)23(30)18-13-27-8-7-24-6-5-22(27)26-18;;/h3-4,13,16-17,19,21,24,29H,5-12H2,1-2H3;2*1H/t16-,17+,19+,21+;;/m0../s1. The van der Waals surface area contributed by atoms with Crippen molar-refractivity contribution in [1.82, 2.24) is 24.8 Å². The average Bonchev–Trinajstić information content (AvgIpc) is 3.27. The third kappa shape index (κ3) is 5.29. The Kier molecular flexibility index (Phi) is 8.26. The number of carbonyl (C=O) groups is 1. The molecule has 1 amide bonds. The molecule has 2 N–H and O–H groups in total. The van der Waals surface area contributed by atoms with Crippen LogP contribution < -0.4 is 10.1 Å². The molecule has 3 aliphatic rings. The third-order valence-electron chi connectivity index (χ3n) is 6.96. The van der Waals surface area contributed by atoms with Gasteiger partial charge in [0.25, 0.3) is 5.91 Å². The minimum absolute atomic E-state index is 0. The van der Waals surface area contributed by atoms with Crippen molar-refractivity contribution in [2.75, 3.05) is 26.2 Å². The lowest BCUT2D eigenvalue weighted by Gasteiger charge is -2.35. The Morgan fingerprint density at radius 2 is 1.88 bits per heavy atom. The van der Waals surface area contributed by atoms with E-state index in [1.54, 1.807) is 0 Å². The van der Waals surface area contributed by atoms with Gasteiger partial charge < -0.3 is 24.6 Å². The summed E-state index contributed by atoms with van der Waals surface area (Å²) < 4.78 is 8.27. The number of amides is 1. The Morgan fingerprint density at radius 3 is 2.64 bits per heavy atom. The minimum Gasteiger partial charge on any atom is -0.486 e. The van der Waals surface area contributed by atoms with Crippen LogP contribution in [0.1, 0.15) is 40.5 Å². The van der Waals surface area contributed by atoms with Crippen LogP contribution in [0.25, 0.3) is 0 Å². The molecule has 0 spiro atoms. The Balaban J connectivity index is 0.00000153. The molecule has 1 aliphatic carbocycles. The molecule has 2 aromatic heterocycles. The van der Waals surface area contributed by atoms with Crippen LogP contribution in [0.15, 0.2) is 18.3 Å². The van der Waals surface area contributed by atoms with Crippen LogP contribution in [0.4, 0.5) is 0 Å². The van der Waals surface area contributed by atoms with E-state index in [4.69, 9.17) is 4.74 Å². The van der Waals surface area contributed by atoms with Crippen molar-refractivity contribution in [2.24, 2.45) is 11.8 Å². The van der Waals surface area contributed by atoms with E-state index in [-0.39, 0.29) is 36.8 Å².